The van der Waals surface area contributed by atoms with Gasteiger partial charge in [0.05, 0.1) is 23.9 Å². The Labute approximate surface area is 223 Å². The van der Waals surface area contributed by atoms with Crippen molar-refractivity contribution in [2.45, 2.75) is 50.7 Å². The maximum Gasteiger partial charge on any atom is 0.254 e. The zero-order chi connectivity index (χ0) is 26.2. The number of allylic oxidation sites excluding steroid dienone is 4. The number of aliphatic imine (C=N–C) groups is 1. The third kappa shape index (κ3) is 4.72. The standard InChI is InChI=1S/C31H34N4O3/c1-34-12-10-24(11-13-34)35-18-22-17-27-21(15-25(22)31(35)38)16-28(33-27)30-26(8-5-9-29(30)37)32-23(19-36)14-20-6-3-2-4-7-20/h2-8,15,17,23-24,33,36H,9-14,16,18-19H2,1H3/t23-/m1/s1. The first-order chi connectivity index (χ1) is 18.5. The summed E-state index contributed by atoms with van der Waals surface area (Å²) in [5, 5.41) is 13.5. The van der Waals surface area contributed by atoms with Crippen LogP contribution in [-0.2, 0) is 24.2 Å². The summed E-state index contributed by atoms with van der Waals surface area (Å²) in [6.07, 6.45) is 7.25. The van der Waals surface area contributed by atoms with Gasteiger partial charge in [-0.05, 0) is 74.3 Å². The highest BCUT2D eigenvalue weighted by Crippen LogP contribution is 2.38. The number of amides is 1. The number of nitrogens with one attached hydrogen (secondary N) is 1. The predicted molar refractivity (Wildman–Crippen MR) is 148 cm³/mol. The van der Waals surface area contributed by atoms with Gasteiger partial charge in [-0.2, -0.15) is 0 Å². The predicted octanol–water partition coefficient (Wildman–Crippen LogP) is 3.53. The lowest BCUT2D eigenvalue weighted by Gasteiger charge is -2.34. The van der Waals surface area contributed by atoms with Crippen LogP contribution < -0.4 is 5.32 Å². The number of fused-ring (bicyclic) bond motifs is 2. The lowest BCUT2D eigenvalue weighted by molar-refractivity contribution is -0.114. The fourth-order valence-electron chi connectivity index (χ4n) is 6.11. The normalized spacial score (nSPS) is 23.6. The fourth-order valence-corrected chi connectivity index (χ4v) is 6.11. The number of aliphatic hydroxyl groups excluding tert-OH is 1. The molecule has 1 atom stereocenters. The van der Waals surface area contributed by atoms with E-state index in [-0.39, 0.29) is 24.3 Å². The molecule has 1 fully saturated rings. The Balaban J connectivity index is 1.25. The van der Waals surface area contributed by atoms with Crippen molar-refractivity contribution in [2.75, 3.05) is 32.1 Å². The number of piperidine rings is 1. The van der Waals surface area contributed by atoms with Gasteiger partial charge >= 0.3 is 0 Å². The Morgan fingerprint density at radius 2 is 1.89 bits per heavy atom. The summed E-state index contributed by atoms with van der Waals surface area (Å²) in [7, 11) is 2.13. The largest absolute Gasteiger partial charge is 0.394 e. The summed E-state index contributed by atoms with van der Waals surface area (Å²) >= 11 is 0. The monoisotopic (exact) mass is 510 g/mol. The van der Waals surface area contributed by atoms with E-state index in [1.54, 1.807) is 0 Å². The molecule has 2 aromatic carbocycles. The number of hydrogen-bond donors (Lipinski definition) is 2. The van der Waals surface area contributed by atoms with Crippen LogP contribution in [0.3, 0.4) is 0 Å². The molecule has 0 radical (unpaired) electrons. The molecule has 2 N–H and O–H groups in total. The average Bonchev–Trinajstić information content (AvgIpc) is 3.48. The third-order valence-electron chi connectivity index (χ3n) is 8.20. The first-order valence-electron chi connectivity index (χ1n) is 13.6. The number of benzene rings is 2. The summed E-state index contributed by atoms with van der Waals surface area (Å²) < 4.78 is 0. The third-order valence-corrected chi connectivity index (χ3v) is 8.20. The molecular weight excluding hydrogens is 476 g/mol. The fraction of sp³-hybridized carbons (Fsp3) is 0.387. The second kappa shape index (κ2) is 10.3. The quantitative estimate of drug-likeness (QED) is 0.602. The summed E-state index contributed by atoms with van der Waals surface area (Å²) in [5.74, 6) is 0.152. The van der Waals surface area contributed by atoms with E-state index >= 15 is 0 Å². The van der Waals surface area contributed by atoms with Gasteiger partial charge < -0.3 is 20.2 Å². The summed E-state index contributed by atoms with van der Waals surface area (Å²) in [5.41, 5.74) is 6.98. The lowest BCUT2D eigenvalue weighted by atomic mass is 9.93. The zero-order valence-corrected chi connectivity index (χ0v) is 21.8. The zero-order valence-electron chi connectivity index (χ0n) is 21.8. The first-order valence-corrected chi connectivity index (χ1v) is 13.6. The van der Waals surface area contributed by atoms with Crippen LogP contribution in [0.25, 0.3) is 0 Å². The molecule has 1 saturated heterocycles. The smallest absolute Gasteiger partial charge is 0.254 e. The number of likely N-dealkylation sites (tertiary alicyclic amines) is 1. The van der Waals surface area contributed by atoms with E-state index in [0.717, 1.165) is 59.6 Å². The number of aliphatic hydroxyl groups is 1. The highest BCUT2D eigenvalue weighted by Gasteiger charge is 2.36. The molecule has 38 heavy (non-hydrogen) atoms. The van der Waals surface area contributed by atoms with E-state index in [0.29, 0.717) is 43.1 Å². The number of carbonyl (C=O) groups excluding carboxylic acids is 2. The summed E-state index contributed by atoms with van der Waals surface area (Å²) in [6.45, 7) is 2.60. The number of carbonyl (C=O) groups is 2. The number of hydrogen-bond acceptors (Lipinski definition) is 6. The Bertz CT molecular complexity index is 1350. The molecule has 3 heterocycles. The van der Waals surface area contributed by atoms with Gasteiger partial charge in [0.25, 0.3) is 5.91 Å². The van der Waals surface area contributed by atoms with Crippen molar-refractivity contribution in [1.29, 1.82) is 0 Å². The molecule has 7 nitrogen and oxygen atoms in total. The Morgan fingerprint density at radius 1 is 1.11 bits per heavy atom. The molecule has 6 rings (SSSR count). The second-order valence-electron chi connectivity index (χ2n) is 10.9. The number of Topliss-reactive ketones (excluding diaryl/α,β-unsaturated/α-hetero) is 1. The van der Waals surface area contributed by atoms with Crippen LogP contribution in [0.2, 0.25) is 0 Å². The SMILES string of the molecule is CN1CCC(N2Cc3cc4c(cc3C2=O)CC(=C2C(=O)CC=CC2=N[C@@H](CO)Cc2ccccc2)N4)CC1. The Morgan fingerprint density at radius 3 is 2.66 bits per heavy atom. The molecule has 0 aromatic heterocycles. The maximum atomic E-state index is 13.3. The van der Waals surface area contributed by atoms with Gasteiger partial charge in [-0.1, -0.05) is 36.4 Å². The van der Waals surface area contributed by atoms with Crippen LogP contribution in [0, 0.1) is 0 Å². The molecule has 0 unspecified atom stereocenters. The molecule has 1 amide bonds. The van der Waals surface area contributed by atoms with E-state index in [1.807, 2.05) is 53.5 Å². The highest BCUT2D eigenvalue weighted by atomic mass is 16.3. The molecule has 7 heteroatoms. The van der Waals surface area contributed by atoms with Crippen molar-refractivity contribution in [3.63, 3.8) is 0 Å². The summed E-state index contributed by atoms with van der Waals surface area (Å²) in [4.78, 5) is 35.6. The van der Waals surface area contributed by atoms with Crippen LogP contribution >= 0.6 is 0 Å². The van der Waals surface area contributed by atoms with Gasteiger partial charge in [0, 0.05) is 42.4 Å². The van der Waals surface area contributed by atoms with Gasteiger partial charge in [-0.25, -0.2) is 0 Å². The maximum absolute atomic E-state index is 13.3. The number of rotatable bonds is 5. The van der Waals surface area contributed by atoms with Crippen molar-refractivity contribution < 1.29 is 14.7 Å². The van der Waals surface area contributed by atoms with E-state index in [4.69, 9.17) is 4.99 Å². The van der Waals surface area contributed by atoms with Crippen molar-refractivity contribution in [3.8, 4) is 0 Å². The molecule has 2 aromatic rings. The minimum atomic E-state index is -0.339. The van der Waals surface area contributed by atoms with Crippen molar-refractivity contribution in [1.82, 2.24) is 9.80 Å². The van der Waals surface area contributed by atoms with Crippen LogP contribution in [0.5, 0.6) is 0 Å². The van der Waals surface area contributed by atoms with E-state index < -0.39 is 0 Å². The Hall–Kier alpha value is -3.55. The molecule has 1 aliphatic carbocycles. The first kappa shape index (κ1) is 24.8. The van der Waals surface area contributed by atoms with E-state index in [9.17, 15) is 14.7 Å². The van der Waals surface area contributed by atoms with E-state index in [2.05, 4.69) is 23.3 Å². The molecular formula is C31H34N4O3. The van der Waals surface area contributed by atoms with Crippen LogP contribution in [0.4, 0.5) is 5.69 Å². The number of ketones is 1. The van der Waals surface area contributed by atoms with Gasteiger partial charge in [0.1, 0.15) is 0 Å². The molecule has 0 spiro atoms. The van der Waals surface area contributed by atoms with Gasteiger partial charge in [-0.15, -0.1) is 0 Å². The molecule has 4 aliphatic rings. The highest BCUT2D eigenvalue weighted by molar-refractivity contribution is 6.29. The van der Waals surface area contributed by atoms with Crippen molar-refractivity contribution in [2.24, 2.45) is 4.99 Å². The Kier molecular flexibility index (Phi) is 6.72. The number of nitrogens with zero attached hydrogens (tertiary/aromatic N) is 3. The van der Waals surface area contributed by atoms with Gasteiger partial charge in [0.2, 0.25) is 0 Å². The summed E-state index contributed by atoms with van der Waals surface area (Å²) in [6, 6.07) is 14.0. The average molecular weight is 511 g/mol. The van der Waals surface area contributed by atoms with Crippen LogP contribution in [0.15, 0.2) is 70.9 Å². The lowest BCUT2D eigenvalue weighted by Crippen LogP contribution is -2.43. The van der Waals surface area contributed by atoms with Crippen LogP contribution in [0.1, 0.15) is 46.3 Å². The van der Waals surface area contributed by atoms with Crippen molar-refractivity contribution in [3.05, 3.63) is 88.1 Å². The topological polar surface area (TPSA) is 85.2 Å². The van der Waals surface area contributed by atoms with Gasteiger partial charge in [-0.3, -0.25) is 14.6 Å². The second-order valence-corrected chi connectivity index (χ2v) is 10.9. The molecule has 196 valence electrons. The molecule has 3 aliphatic heterocycles. The molecule has 0 bridgehead atoms. The van der Waals surface area contributed by atoms with Crippen molar-refractivity contribution >= 4 is 23.1 Å². The number of anilines is 1. The van der Waals surface area contributed by atoms with Crippen LogP contribution in [-0.4, -0.2) is 71.1 Å². The molecule has 0 saturated carbocycles. The minimum Gasteiger partial charge on any atom is -0.394 e. The minimum absolute atomic E-state index is 0.0232. The van der Waals surface area contributed by atoms with E-state index in [1.165, 1.54) is 0 Å². The van der Waals surface area contributed by atoms with Gasteiger partial charge in [0.15, 0.2) is 5.78 Å².